The van der Waals surface area contributed by atoms with Gasteiger partial charge in [-0.1, -0.05) is 17.7 Å². The Balaban J connectivity index is 1.25. The number of hydrogen-bond acceptors (Lipinski definition) is 9. The van der Waals surface area contributed by atoms with Crippen LogP contribution in [0.1, 0.15) is 31.0 Å². The number of alkyl halides is 3. The summed E-state index contributed by atoms with van der Waals surface area (Å²) in [7, 11) is 0. The number of nitrogens with one attached hydrogen (secondary N) is 1. The second-order valence-corrected chi connectivity index (χ2v) is 12.6. The molecule has 3 aliphatic heterocycles. The van der Waals surface area contributed by atoms with Crippen molar-refractivity contribution >= 4 is 29.1 Å². The summed E-state index contributed by atoms with van der Waals surface area (Å²) in [6.45, 7) is 4.57. The molecule has 11 nitrogen and oxygen atoms in total. The van der Waals surface area contributed by atoms with Crippen molar-refractivity contribution in [3.05, 3.63) is 82.0 Å². The summed E-state index contributed by atoms with van der Waals surface area (Å²) in [4.78, 5) is 37.0. The molecular weight excluding hydrogens is 691 g/mol. The van der Waals surface area contributed by atoms with Crippen LogP contribution in [0.3, 0.4) is 0 Å². The lowest BCUT2D eigenvalue weighted by Crippen LogP contribution is -2.60. The van der Waals surface area contributed by atoms with Gasteiger partial charge in [-0.2, -0.15) is 17.6 Å². The Morgan fingerprint density at radius 1 is 1.10 bits per heavy atom. The zero-order chi connectivity index (χ0) is 35.8. The third-order valence-electron chi connectivity index (χ3n) is 9.00. The van der Waals surface area contributed by atoms with Crippen LogP contribution in [0.5, 0.6) is 5.75 Å². The van der Waals surface area contributed by atoms with Gasteiger partial charge in [-0.15, -0.1) is 0 Å². The lowest BCUT2D eigenvalue weighted by Gasteiger charge is -2.46. The third kappa shape index (κ3) is 6.97. The van der Waals surface area contributed by atoms with Crippen molar-refractivity contribution in [3.8, 4) is 17.0 Å². The molecule has 0 spiro atoms. The summed E-state index contributed by atoms with van der Waals surface area (Å²) in [5.74, 6) is -5.39. The molecule has 2 saturated heterocycles. The number of nitrogens with zero attached hydrogens (tertiary/aromatic N) is 5. The molecule has 3 aliphatic rings. The first-order valence-electron chi connectivity index (χ1n) is 15.7. The number of anilines is 1. The number of amides is 2. The van der Waals surface area contributed by atoms with Crippen molar-refractivity contribution in [3.63, 3.8) is 0 Å². The van der Waals surface area contributed by atoms with Gasteiger partial charge in [0.1, 0.15) is 30.0 Å². The largest absolute Gasteiger partial charge is 0.509 e. The van der Waals surface area contributed by atoms with Crippen LogP contribution in [0.2, 0.25) is 5.02 Å². The first kappa shape index (κ1) is 35.4. The van der Waals surface area contributed by atoms with Gasteiger partial charge in [-0.25, -0.2) is 19.4 Å². The van der Waals surface area contributed by atoms with E-state index in [1.165, 1.54) is 35.3 Å². The van der Waals surface area contributed by atoms with Crippen LogP contribution >= 0.6 is 11.6 Å². The molecule has 2 amide bonds. The van der Waals surface area contributed by atoms with Gasteiger partial charge in [-0.3, -0.25) is 19.5 Å². The van der Waals surface area contributed by atoms with Gasteiger partial charge >= 0.3 is 6.18 Å². The molecule has 0 unspecified atom stereocenters. The predicted molar refractivity (Wildman–Crippen MR) is 170 cm³/mol. The molecule has 1 atom stereocenters. The molecule has 2 N–H and O–H groups in total. The molecule has 4 heterocycles. The zero-order valence-corrected chi connectivity index (χ0v) is 27.5. The molecule has 6 rings (SSSR count). The number of ether oxygens (including phenoxy) is 2. The van der Waals surface area contributed by atoms with Crippen molar-refractivity contribution in [2.45, 2.75) is 38.0 Å². The van der Waals surface area contributed by atoms with Gasteiger partial charge < -0.3 is 19.9 Å². The molecule has 3 aromatic rings. The number of benzene rings is 2. The summed E-state index contributed by atoms with van der Waals surface area (Å²) in [5.41, 5.74) is -3.66. The molecule has 17 heteroatoms. The molecule has 2 aromatic carbocycles. The summed E-state index contributed by atoms with van der Waals surface area (Å²) in [6.07, 6.45) is -3.25. The van der Waals surface area contributed by atoms with E-state index in [1.807, 2.05) is 0 Å². The highest BCUT2D eigenvalue weighted by Gasteiger charge is 2.53. The van der Waals surface area contributed by atoms with E-state index in [4.69, 9.17) is 21.1 Å². The topological polar surface area (TPSA) is 120 Å². The Morgan fingerprint density at radius 3 is 2.60 bits per heavy atom. The Kier molecular flexibility index (Phi) is 9.99. The normalized spacial score (nSPS) is 20.3. The van der Waals surface area contributed by atoms with Crippen LogP contribution in [0.15, 0.2) is 54.1 Å². The van der Waals surface area contributed by atoms with E-state index in [0.29, 0.717) is 58.1 Å². The number of morpholine rings is 1. The van der Waals surface area contributed by atoms with Crippen molar-refractivity contribution in [2.24, 2.45) is 0 Å². The number of aromatic nitrogens is 2. The molecule has 266 valence electrons. The van der Waals surface area contributed by atoms with Crippen molar-refractivity contribution in [1.29, 1.82) is 0 Å². The van der Waals surface area contributed by atoms with Crippen LogP contribution in [0, 0.1) is 11.6 Å². The maximum Gasteiger partial charge on any atom is 0.433 e. The highest BCUT2D eigenvalue weighted by atomic mass is 35.5. The van der Waals surface area contributed by atoms with Gasteiger partial charge in [0.2, 0.25) is 5.82 Å². The highest BCUT2D eigenvalue weighted by Crippen LogP contribution is 2.42. The van der Waals surface area contributed by atoms with E-state index in [2.05, 4.69) is 20.2 Å². The average molecular weight is 723 g/mol. The van der Waals surface area contributed by atoms with Crippen LogP contribution in [-0.2, 0) is 27.0 Å². The lowest BCUT2D eigenvalue weighted by molar-refractivity contribution is -0.160. The van der Waals surface area contributed by atoms with Crippen molar-refractivity contribution < 1.29 is 46.1 Å². The Labute approximate surface area is 288 Å². The fraction of sp³-hybridized carbons (Fsp3) is 0.394. The molecule has 0 saturated carbocycles. The Hall–Kier alpha value is -4.38. The fourth-order valence-corrected chi connectivity index (χ4v) is 6.48. The maximum absolute atomic E-state index is 15.5. The van der Waals surface area contributed by atoms with Gasteiger partial charge in [-0.05, 0) is 50.1 Å². The van der Waals surface area contributed by atoms with Gasteiger partial charge in [0, 0.05) is 42.3 Å². The van der Waals surface area contributed by atoms with Crippen molar-refractivity contribution in [1.82, 2.24) is 24.9 Å². The van der Waals surface area contributed by atoms with E-state index in [9.17, 15) is 27.9 Å². The minimum Gasteiger partial charge on any atom is -0.509 e. The van der Waals surface area contributed by atoms with Crippen molar-refractivity contribution in [2.75, 3.05) is 51.3 Å². The van der Waals surface area contributed by atoms with E-state index < -0.39 is 58.7 Å². The average Bonchev–Trinajstić information content (AvgIpc) is 3.49. The molecule has 0 bridgehead atoms. The SMILES string of the molecule is C[C@@]12CCCN1N(Cc1ccc(OCCN3CCOCC3)c(F)c1F)C(=O)C(C(=O)Nc1ccc(Cl)cc1-c1cc(C(F)(F)F)ncn1)=C2O. The lowest BCUT2D eigenvalue weighted by atomic mass is 9.90. The van der Waals surface area contributed by atoms with Crippen LogP contribution < -0.4 is 10.1 Å². The maximum atomic E-state index is 15.5. The second kappa shape index (κ2) is 14.1. The zero-order valence-electron chi connectivity index (χ0n) is 26.7. The summed E-state index contributed by atoms with van der Waals surface area (Å²) < 4.78 is 81.6. The third-order valence-corrected chi connectivity index (χ3v) is 9.23. The van der Waals surface area contributed by atoms with E-state index in [-0.39, 0.29) is 46.4 Å². The monoisotopic (exact) mass is 722 g/mol. The number of aliphatic hydroxyl groups is 1. The van der Waals surface area contributed by atoms with Gasteiger partial charge in [0.05, 0.1) is 36.7 Å². The quantitative estimate of drug-likeness (QED) is 0.222. The van der Waals surface area contributed by atoms with Crippen LogP contribution in [0.25, 0.3) is 11.3 Å². The molecule has 1 aromatic heterocycles. The molecule has 2 fully saturated rings. The number of rotatable bonds is 9. The summed E-state index contributed by atoms with van der Waals surface area (Å²) in [6, 6.07) is 7.18. The van der Waals surface area contributed by atoms with Crippen LogP contribution in [0.4, 0.5) is 27.6 Å². The number of halogens is 6. The fourth-order valence-electron chi connectivity index (χ4n) is 6.31. The first-order valence-corrected chi connectivity index (χ1v) is 16.1. The van der Waals surface area contributed by atoms with E-state index >= 15 is 8.78 Å². The number of hydrazine groups is 1. The molecular formula is C33H32ClF5N6O5. The first-order chi connectivity index (χ1) is 23.8. The van der Waals surface area contributed by atoms with Gasteiger partial charge in [0.25, 0.3) is 11.8 Å². The van der Waals surface area contributed by atoms with Gasteiger partial charge in [0.15, 0.2) is 11.6 Å². The standard InChI is InChI=1S/C33H32ClF5N6O5/c1-32-7-2-8-45(32)44(17-19-3-6-24(28(36)27(19)35)50-14-11-43-9-12-49-13-10-43)31(48)26(29(32)46)30(47)42-22-5-4-20(34)15-21(22)23-16-25(33(37,38)39)41-18-40-23/h3-6,15-16,18,46H,2,7-14,17H2,1H3,(H,42,47)/t32-/m0/s1. The summed E-state index contributed by atoms with van der Waals surface area (Å²) >= 11 is 6.13. The molecule has 0 radical (unpaired) electrons. The van der Waals surface area contributed by atoms with E-state index in [1.54, 1.807) is 6.92 Å². The molecule has 0 aliphatic carbocycles. The Morgan fingerprint density at radius 2 is 1.86 bits per heavy atom. The number of carbonyl (C=O) groups is 2. The Bertz CT molecular complexity index is 1840. The minimum atomic E-state index is -4.78. The summed E-state index contributed by atoms with van der Waals surface area (Å²) in [5, 5.41) is 16.6. The molecule has 50 heavy (non-hydrogen) atoms. The number of aliphatic hydroxyl groups excluding tert-OH is 1. The second-order valence-electron chi connectivity index (χ2n) is 12.2. The number of fused-ring (bicyclic) bond motifs is 1. The predicted octanol–water partition coefficient (Wildman–Crippen LogP) is 5.37. The number of hydrogen-bond donors (Lipinski definition) is 2. The van der Waals surface area contributed by atoms with Crippen LogP contribution in [-0.4, -0.2) is 93.3 Å². The highest BCUT2D eigenvalue weighted by molar-refractivity contribution is 6.31. The smallest absolute Gasteiger partial charge is 0.433 e. The number of carbonyl (C=O) groups excluding carboxylic acids is 2. The van der Waals surface area contributed by atoms with E-state index in [0.717, 1.165) is 5.01 Å². The minimum absolute atomic E-state index is 0.0162.